The monoisotopic (exact) mass is 421 g/mol. The SMILES string of the molecule is CC.[CH3-].[Y].[Y].c1ccc2c(c1)Cc1ccccc1S2. The summed E-state index contributed by atoms with van der Waals surface area (Å²) in [6, 6.07) is 17.3. The van der Waals surface area contributed by atoms with Crippen molar-refractivity contribution in [1.29, 1.82) is 0 Å². The van der Waals surface area contributed by atoms with Gasteiger partial charge in [0.1, 0.15) is 0 Å². The molecular weight excluding hydrogens is 402 g/mol. The normalized spacial score (nSPS) is 10.0. The van der Waals surface area contributed by atoms with E-state index in [9.17, 15) is 0 Å². The summed E-state index contributed by atoms with van der Waals surface area (Å²) in [6.07, 6.45) is 1.08. The Morgan fingerprint density at radius 1 is 0.737 bits per heavy atom. The zero-order valence-electron chi connectivity index (χ0n) is 11.9. The molecule has 0 nitrogen and oxygen atoms in total. The Balaban J connectivity index is 0. The van der Waals surface area contributed by atoms with Gasteiger partial charge in [0.25, 0.3) is 0 Å². The molecule has 0 fully saturated rings. The molecule has 0 unspecified atom stereocenters. The minimum absolute atomic E-state index is 0. The smallest absolute Gasteiger partial charge is 0.0157 e. The van der Waals surface area contributed by atoms with E-state index < -0.39 is 0 Å². The van der Waals surface area contributed by atoms with E-state index in [1.54, 1.807) is 0 Å². The van der Waals surface area contributed by atoms with Gasteiger partial charge in [-0.3, -0.25) is 0 Å². The van der Waals surface area contributed by atoms with Gasteiger partial charge in [-0.05, 0) is 29.7 Å². The minimum Gasteiger partial charge on any atom is -0.358 e. The van der Waals surface area contributed by atoms with Crippen LogP contribution in [0, 0.1) is 7.43 Å². The Morgan fingerprint density at radius 3 is 1.53 bits per heavy atom. The fourth-order valence-corrected chi connectivity index (χ4v) is 2.90. The van der Waals surface area contributed by atoms with Crippen LogP contribution in [-0.4, -0.2) is 0 Å². The largest absolute Gasteiger partial charge is 0.358 e. The van der Waals surface area contributed by atoms with Gasteiger partial charge in [-0.2, -0.15) is 0 Å². The van der Waals surface area contributed by atoms with Crippen LogP contribution in [0.2, 0.25) is 0 Å². The van der Waals surface area contributed by atoms with Crippen molar-refractivity contribution in [3.05, 3.63) is 67.1 Å². The van der Waals surface area contributed by atoms with Crippen LogP contribution in [0.25, 0.3) is 0 Å². The van der Waals surface area contributed by atoms with E-state index in [2.05, 4.69) is 48.5 Å². The molecule has 19 heavy (non-hydrogen) atoms. The van der Waals surface area contributed by atoms with Crippen LogP contribution in [0.1, 0.15) is 25.0 Å². The third-order valence-corrected chi connectivity index (χ3v) is 3.78. The average molecular weight is 421 g/mol. The Labute approximate surface area is 172 Å². The molecule has 2 aromatic rings. The standard InChI is InChI=1S/C13H10S.C2H6.CH3.2Y/c1-3-7-12-10(5-1)9-11-6-2-4-8-13(11)14-12;1-2;;;/h1-8H,9H2;1-2H3;1H3;;/q;;-1;;. The molecule has 0 atom stereocenters. The molecule has 3 rings (SSSR count). The molecule has 0 spiro atoms. The fraction of sp³-hybridized carbons (Fsp3) is 0.188. The molecule has 0 bridgehead atoms. The first-order valence-electron chi connectivity index (χ1n) is 5.77. The van der Waals surface area contributed by atoms with Gasteiger partial charge in [0.2, 0.25) is 0 Å². The van der Waals surface area contributed by atoms with Gasteiger partial charge in [0, 0.05) is 75.2 Å². The third kappa shape index (κ3) is 5.71. The average Bonchev–Trinajstić information content (AvgIpc) is 2.38. The minimum atomic E-state index is 0. The van der Waals surface area contributed by atoms with Crippen LogP contribution >= 0.6 is 11.8 Å². The summed E-state index contributed by atoms with van der Waals surface area (Å²) in [5.41, 5.74) is 2.91. The maximum atomic E-state index is 2.22. The van der Waals surface area contributed by atoms with E-state index >= 15 is 0 Å². The summed E-state index contributed by atoms with van der Waals surface area (Å²) in [4.78, 5) is 2.82. The van der Waals surface area contributed by atoms with Crippen molar-refractivity contribution in [2.45, 2.75) is 30.1 Å². The molecule has 3 heteroatoms. The molecular formula is C16H19SY2-. The van der Waals surface area contributed by atoms with Crippen molar-refractivity contribution in [3.8, 4) is 0 Å². The van der Waals surface area contributed by atoms with E-state index in [4.69, 9.17) is 0 Å². The van der Waals surface area contributed by atoms with E-state index in [-0.39, 0.29) is 72.8 Å². The second kappa shape index (κ2) is 11.6. The molecule has 2 radical (unpaired) electrons. The van der Waals surface area contributed by atoms with Crippen molar-refractivity contribution < 1.29 is 65.4 Å². The van der Waals surface area contributed by atoms with Crippen molar-refractivity contribution in [2.24, 2.45) is 0 Å². The second-order valence-electron chi connectivity index (χ2n) is 3.49. The predicted octanol–water partition coefficient (Wildman–Crippen LogP) is 5.21. The van der Waals surface area contributed by atoms with Crippen LogP contribution in [-0.2, 0) is 71.8 Å². The van der Waals surface area contributed by atoms with Crippen molar-refractivity contribution >= 4 is 11.8 Å². The van der Waals surface area contributed by atoms with Gasteiger partial charge < -0.3 is 7.43 Å². The third-order valence-electron chi connectivity index (χ3n) is 2.55. The van der Waals surface area contributed by atoms with Gasteiger partial charge in [-0.25, -0.2) is 0 Å². The Kier molecular flexibility index (Phi) is 13.6. The summed E-state index contributed by atoms with van der Waals surface area (Å²) in [7, 11) is 0. The van der Waals surface area contributed by atoms with Crippen LogP contribution < -0.4 is 0 Å². The van der Waals surface area contributed by atoms with Crippen LogP contribution in [0.4, 0.5) is 0 Å². The quantitative estimate of drug-likeness (QED) is 0.449. The summed E-state index contributed by atoms with van der Waals surface area (Å²) < 4.78 is 0. The molecule has 1 aliphatic heterocycles. The summed E-state index contributed by atoms with van der Waals surface area (Å²) in [5.74, 6) is 0. The Bertz CT molecular complexity index is 396. The molecule has 0 saturated carbocycles. The number of hydrogen-bond acceptors (Lipinski definition) is 1. The van der Waals surface area contributed by atoms with E-state index in [0.717, 1.165) is 6.42 Å². The summed E-state index contributed by atoms with van der Waals surface area (Å²) in [5, 5.41) is 0. The summed E-state index contributed by atoms with van der Waals surface area (Å²) in [6.45, 7) is 4.00. The van der Waals surface area contributed by atoms with E-state index in [0.29, 0.717) is 0 Å². The molecule has 1 heterocycles. The molecule has 0 saturated heterocycles. The molecule has 96 valence electrons. The number of rotatable bonds is 0. The first kappa shape index (κ1) is 22.3. The number of benzene rings is 2. The zero-order valence-corrected chi connectivity index (χ0v) is 18.4. The van der Waals surface area contributed by atoms with Gasteiger partial charge in [0.15, 0.2) is 0 Å². The molecule has 2 aromatic carbocycles. The van der Waals surface area contributed by atoms with Gasteiger partial charge in [-0.1, -0.05) is 62.0 Å². The number of fused-ring (bicyclic) bond motifs is 2. The Hall–Kier alpha value is 0.998. The van der Waals surface area contributed by atoms with Crippen LogP contribution in [0.3, 0.4) is 0 Å². The van der Waals surface area contributed by atoms with Crippen LogP contribution in [0.5, 0.6) is 0 Å². The van der Waals surface area contributed by atoms with Gasteiger partial charge in [-0.15, -0.1) is 0 Å². The first-order chi connectivity index (χ1) is 7.93. The Morgan fingerprint density at radius 2 is 1.11 bits per heavy atom. The van der Waals surface area contributed by atoms with Crippen molar-refractivity contribution in [1.82, 2.24) is 0 Å². The summed E-state index contributed by atoms with van der Waals surface area (Å²) >= 11 is 1.88. The maximum Gasteiger partial charge on any atom is 0.0157 e. The van der Waals surface area contributed by atoms with Gasteiger partial charge in [0.05, 0.1) is 0 Å². The van der Waals surface area contributed by atoms with Crippen molar-refractivity contribution in [3.63, 3.8) is 0 Å². The van der Waals surface area contributed by atoms with E-state index in [1.807, 2.05) is 25.6 Å². The number of hydrogen-bond donors (Lipinski definition) is 0. The fourth-order valence-electron chi connectivity index (χ4n) is 1.82. The molecule has 0 aliphatic carbocycles. The van der Waals surface area contributed by atoms with Crippen molar-refractivity contribution in [2.75, 3.05) is 0 Å². The topological polar surface area (TPSA) is 0 Å². The molecule has 1 aliphatic rings. The second-order valence-corrected chi connectivity index (χ2v) is 4.58. The van der Waals surface area contributed by atoms with Crippen LogP contribution in [0.15, 0.2) is 58.3 Å². The van der Waals surface area contributed by atoms with E-state index in [1.165, 1.54) is 20.9 Å². The zero-order chi connectivity index (χ0) is 11.4. The maximum absolute atomic E-state index is 2.22. The molecule has 0 N–H and O–H groups in total. The molecule has 0 aromatic heterocycles. The first-order valence-corrected chi connectivity index (χ1v) is 6.59. The molecule has 0 amide bonds. The van der Waals surface area contributed by atoms with Gasteiger partial charge >= 0.3 is 0 Å². The predicted molar refractivity (Wildman–Crippen MR) is 77.6 cm³/mol.